The van der Waals surface area contributed by atoms with Gasteiger partial charge in [-0.15, -0.1) is 11.8 Å². The molecule has 0 amide bonds. The lowest BCUT2D eigenvalue weighted by Crippen LogP contribution is -2.03. The van der Waals surface area contributed by atoms with E-state index in [2.05, 4.69) is 0 Å². The van der Waals surface area contributed by atoms with E-state index in [9.17, 15) is 20.2 Å². The molecule has 7 nitrogen and oxygen atoms in total. The number of benzene rings is 1. The van der Waals surface area contributed by atoms with Gasteiger partial charge in [-0.05, 0) is 6.07 Å². The van der Waals surface area contributed by atoms with Crippen LogP contribution in [0.3, 0.4) is 0 Å². The fourth-order valence-corrected chi connectivity index (χ4v) is 2.02. The molecule has 0 saturated carbocycles. The van der Waals surface area contributed by atoms with Crippen molar-refractivity contribution in [2.24, 2.45) is 0 Å². The molecule has 0 aliphatic carbocycles. The normalized spacial score (nSPS) is 12.1. The van der Waals surface area contributed by atoms with Crippen molar-refractivity contribution in [3.8, 4) is 0 Å². The first-order valence-electron chi connectivity index (χ1n) is 4.66. The van der Waals surface area contributed by atoms with Gasteiger partial charge in [-0.25, -0.2) is 0 Å². The highest BCUT2D eigenvalue weighted by Crippen LogP contribution is 2.34. The van der Waals surface area contributed by atoms with Gasteiger partial charge in [0.1, 0.15) is 0 Å². The lowest BCUT2D eigenvalue weighted by atomic mass is 10.3. The third-order valence-electron chi connectivity index (χ3n) is 1.94. The second kappa shape index (κ2) is 5.60. The zero-order valence-electron chi connectivity index (χ0n) is 8.90. The third kappa shape index (κ3) is 3.40. The maximum Gasteiger partial charge on any atom is 0.289 e. The summed E-state index contributed by atoms with van der Waals surface area (Å²) in [5.74, 6) is 0. The summed E-state index contributed by atoms with van der Waals surface area (Å²) in [6.45, 7) is 1.58. The van der Waals surface area contributed by atoms with Crippen LogP contribution >= 0.6 is 11.8 Å². The average molecular weight is 258 g/mol. The molecule has 0 spiro atoms. The Hall–Kier alpha value is -1.67. The van der Waals surface area contributed by atoms with Gasteiger partial charge in [0.2, 0.25) is 0 Å². The molecule has 0 aliphatic heterocycles. The summed E-state index contributed by atoms with van der Waals surface area (Å²) < 4.78 is 0. The monoisotopic (exact) mass is 258 g/mol. The van der Waals surface area contributed by atoms with Gasteiger partial charge in [0.05, 0.1) is 27.4 Å². The summed E-state index contributed by atoms with van der Waals surface area (Å²) in [5.41, 5.74) is -0.637. The van der Waals surface area contributed by atoms with Gasteiger partial charge in [0.15, 0.2) is 0 Å². The second-order valence-electron chi connectivity index (χ2n) is 3.28. The number of nitro benzene ring substituents is 2. The molecule has 0 radical (unpaired) electrons. The molecule has 0 fully saturated rings. The SMILES string of the molecule is CC(CO)Sc1ccc([N+](=O)[O-])cc1[N+](=O)[O-]. The molecule has 0 aromatic heterocycles. The van der Waals surface area contributed by atoms with E-state index in [4.69, 9.17) is 5.11 Å². The zero-order chi connectivity index (χ0) is 13.0. The molecule has 1 N–H and O–H groups in total. The molecular weight excluding hydrogens is 248 g/mol. The minimum absolute atomic E-state index is 0.126. The number of nitrogens with zero attached hydrogens (tertiary/aromatic N) is 2. The van der Waals surface area contributed by atoms with Crippen LogP contribution in [-0.2, 0) is 0 Å². The van der Waals surface area contributed by atoms with Gasteiger partial charge in [-0.2, -0.15) is 0 Å². The van der Waals surface area contributed by atoms with Crippen molar-refractivity contribution >= 4 is 23.1 Å². The van der Waals surface area contributed by atoms with Crippen LogP contribution in [-0.4, -0.2) is 26.8 Å². The molecule has 1 aromatic rings. The Morgan fingerprint density at radius 3 is 2.47 bits per heavy atom. The topological polar surface area (TPSA) is 107 Å². The lowest BCUT2D eigenvalue weighted by Gasteiger charge is -2.07. The number of aliphatic hydroxyl groups excluding tert-OH is 1. The highest BCUT2D eigenvalue weighted by atomic mass is 32.2. The molecule has 0 saturated heterocycles. The lowest BCUT2D eigenvalue weighted by molar-refractivity contribution is -0.396. The molecule has 17 heavy (non-hydrogen) atoms. The summed E-state index contributed by atoms with van der Waals surface area (Å²) >= 11 is 1.10. The standard InChI is InChI=1S/C9H10N2O5S/c1-6(5-12)17-9-3-2-7(10(13)14)4-8(9)11(15)16/h2-4,6,12H,5H2,1H3. The first-order chi connectivity index (χ1) is 7.95. The van der Waals surface area contributed by atoms with E-state index in [0.717, 1.165) is 17.8 Å². The predicted octanol–water partition coefficient (Wildman–Crippen LogP) is 1.98. The highest BCUT2D eigenvalue weighted by Gasteiger charge is 2.20. The Kier molecular flexibility index (Phi) is 4.41. The average Bonchev–Trinajstić information content (AvgIpc) is 2.28. The van der Waals surface area contributed by atoms with Crippen molar-refractivity contribution in [1.29, 1.82) is 0 Å². The molecule has 0 aliphatic rings. The summed E-state index contributed by atoms with van der Waals surface area (Å²) in [7, 11) is 0. The van der Waals surface area contributed by atoms with Gasteiger partial charge in [-0.1, -0.05) is 6.92 Å². The maximum atomic E-state index is 10.8. The molecule has 1 rings (SSSR count). The molecule has 1 aromatic carbocycles. The van der Waals surface area contributed by atoms with Gasteiger partial charge in [0, 0.05) is 11.3 Å². The summed E-state index contributed by atoms with van der Waals surface area (Å²) in [5, 5.41) is 29.9. The van der Waals surface area contributed by atoms with Crippen molar-refractivity contribution in [2.45, 2.75) is 17.1 Å². The molecule has 0 bridgehead atoms. The summed E-state index contributed by atoms with van der Waals surface area (Å²) in [6, 6.07) is 3.46. The van der Waals surface area contributed by atoms with Crippen LogP contribution in [0, 0.1) is 20.2 Å². The first-order valence-corrected chi connectivity index (χ1v) is 5.54. The quantitative estimate of drug-likeness (QED) is 0.491. The largest absolute Gasteiger partial charge is 0.395 e. The van der Waals surface area contributed by atoms with Gasteiger partial charge < -0.3 is 5.11 Å². The molecule has 8 heteroatoms. The number of aliphatic hydroxyl groups is 1. The van der Waals surface area contributed by atoms with Gasteiger partial charge in [-0.3, -0.25) is 20.2 Å². The zero-order valence-corrected chi connectivity index (χ0v) is 9.72. The minimum atomic E-state index is -0.684. The Morgan fingerprint density at radius 2 is 2.00 bits per heavy atom. The Balaban J connectivity index is 3.13. The van der Waals surface area contributed by atoms with E-state index in [1.165, 1.54) is 12.1 Å². The van der Waals surface area contributed by atoms with Crippen LogP contribution in [0.2, 0.25) is 0 Å². The molecular formula is C9H10N2O5S. The van der Waals surface area contributed by atoms with Crippen LogP contribution in [0.1, 0.15) is 6.92 Å². The number of non-ortho nitro benzene ring substituents is 1. The Labute approximate surface area is 101 Å². The van der Waals surface area contributed by atoms with Gasteiger partial charge >= 0.3 is 0 Å². The molecule has 0 heterocycles. The summed E-state index contributed by atoms with van der Waals surface area (Å²) in [6.07, 6.45) is 0. The molecule has 1 unspecified atom stereocenters. The van der Waals surface area contributed by atoms with Crippen molar-refractivity contribution in [3.63, 3.8) is 0 Å². The maximum absolute atomic E-state index is 10.8. The minimum Gasteiger partial charge on any atom is -0.395 e. The fraction of sp³-hybridized carbons (Fsp3) is 0.333. The van der Waals surface area contributed by atoms with Crippen molar-refractivity contribution in [2.75, 3.05) is 6.61 Å². The van der Waals surface area contributed by atoms with E-state index in [0.29, 0.717) is 4.90 Å². The smallest absolute Gasteiger partial charge is 0.289 e. The number of thioether (sulfide) groups is 1. The van der Waals surface area contributed by atoms with Crippen LogP contribution in [0.4, 0.5) is 11.4 Å². The third-order valence-corrected chi connectivity index (χ3v) is 3.09. The van der Waals surface area contributed by atoms with E-state index in [1.807, 2.05) is 0 Å². The first kappa shape index (κ1) is 13.4. The highest BCUT2D eigenvalue weighted by molar-refractivity contribution is 8.00. The molecule has 1 atom stereocenters. The van der Waals surface area contributed by atoms with Gasteiger partial charge in [0.25, 0.3) is 11.4 Å². The number of hydrogen-bond donors (Lipinski definition) is 1. The van der Waals surface area contributed by atoms with Crippen molar-refractivity contribution in [1.82, 2.24) is 0 Å². The van der Waals surface area contributed by atoms with E-state index < -0.39 is 9.85 Å². The molecule has 92 valence electrons. The van der Waals surface area contributed by atoms with E-state index >= 15 is 0 Å². The summed E-state index contributed by atoms with van der Waals surface area (Å²) in [4.78, 5) is 20.2. The van der Waals surface area contributed by atoms with E-state index in [-0.39, 0.29) is 23.2 Å². The Bertz CT molecular complexity index is 451. The van der Waals surface area contributed by atoms with Crippen LogP contribution in [0.25, 0.3) is 0 Å². The fourth-order valence-electron chi connectivity index (χ4n) is 1.12. The number of nitro groups is 2. The number of hydrogen-bond acceptors (Lipinski definition) is 6. The van der Waals surface area contributed by atoms with Crippen LogP contribution in [0.15, 0.2) is 23.1 Å². The van der Waals surface area contributed by atoms with Crippen molar-refractivity contribution < 1.29 is 15.0 Å². The van der Waals surface area contributed by atoms with Crippen LogP contribution < -0.4 is 0 Å². The van der Waals surface area contributed by atoms with Crippen molar-refractivity contribution in [3.05, 3.63) is 38.4 Å². The van der Waals surface area contributed by atoms with E-state index in [1.54, 1.807) is 6.92 Å². The number of rotatable bonds is 5. The van der Waals surface area contributed by atoms with Crippen LogP contribution in [0.5, 0.6) is 0 Å². The Morgan fingerprint density at radius 1 is 1.35 bits per heavy atom. The predicted molar refractivity (Wildman–Crippen MR) is 62.2 cm³/mol. The second-order valence-corrected chi connectivity index (χ2v) is 4.76.